The maximum Gasteiger partial charge on any atom is 0.305 e. The monoisotopic (exact) mass is 344 g/mol. The zero-order chi connectivity index (χ0) is 18.4. The van der Waals surface area contributed by atoms with Gasteiger partial charge in [0.05, 0.1) is 12.8 Å². The molecule has 0 saturated carbocycles. The number of unbranched alkanes of at least 4 members (excludes halogenated alkanes) is 2. The average molecular weight is 344 g/mol. The molecule has 0 aliphatic carbocycles. The van der Waals surface area contributed by atoms with Gasteiger partial charge in [-0.05, 0) is 12.3 Å². The van der Waals surface area contributed by atoms with Crippen LogP contribution in [0.15, 0.2) is 0 Å². The van der Waals surface area contributed by atoms with E-state index in [0.29, 0.717) is 32.0 Å². The maximum atomic E-state index is 12.2. The van der Waals surface area contributed by atoms with Crippen LogP contribution in [0.25, 0.3) is 0 Å². The van der Waals surface area contributed by atoms with Crippen molar-refractivity contribution in [2.75, 3.05) is 26.2 Å². The van der Waals surface area contributed by atoms with Crippen molar-refractivity contribution in [3.63, 3.8) is 0 Å². The number of amides is 1. The average Bonchev–Trinajstić information content (AvgIpc) is 2.48. The summed E-state index contributed by atoms with van der Waals surface area (Å²) in [4.78, 5) is 34.9. The quantitative estimate of drug-likeness (QED) is 0.392. The largest absolute Gasteiger partial charge is 0.481 e. The second kappa shape index (κ2) is 13.8. The minimum atomic E-state index is -0.927. The van der Waals surface area contributed by atoms with E-state index < -0.39 is 11.9 Å². The van der Waals surface area contributed by atoms with Crippen molar-refractivity contribution in [3.8, 4) is 0 Å². The number of nitrogens with zero attached hydrogens (tertiary/aromatic N) is 1. The lowest BCUT2D eigenvalue weighted by molar-refractivity contribution is -0.139. The molecule has 0 rings (SSSR count). The molecule has 7 nitrogen and oxygen atoms in total. The van der Waals surface area contributed by atoms with Gasteiger partial charge in [-0.25, -0.2) is 0 Å². The molecule has 0 radical (unpaired) electrons. The van der Waals surface area contributed by atoms with Crippen LogP contribution in [0, 0.1) is 5.92 Å². The van der Waals surface area contributed by atoms with Gasteiger partial charge < -0.3 is 20.4 Å². The molecule has 0 aliphatic rings. The van der Waals surface area contributed by atoms with Crippen molar-refractivity contribution in [1.82, 2.24) is 10.2 Å². The highest BCUT2D eigenvalue weighted by Gasteiger charge is 2.14. The first kappa shape index (κ1) is 22.4. The Labute approximate surface area is 144 Å². The topological polar surface area (TPSA) is 107 Å². The number of hydrogen-bond acceptors (Lipinski definition) is 4. The van der Waals surface area contributed by atoms with Gasteiger partial charge in [-0.1, -0.05) is 33.1 Å². The molecule has 24 heavy (non-hydrogen) atoms. The number of rotatable bonds is 15. The molecular formula is C17H32N2O5. The van der Waals surface area contributed by atoms with E-state index in [1.807, 2.05) is 0 Å². The van der Waals surface area contributed by atoms with Crippen LogP contribution in [0.2, 0.25) is 0 Å². The summed E-state index contributed by atoms with van der Waals surface area (Å²) in [5, 5.41) is 20.3. The highest BCUT2D eigenvalue weighted by atomic mass is 16.4. The molecule has 3 N–H and O–H groups in total. The fraction of sp³-hybridized carbons (Fsp3) is 0.824. The zero-order valence-corrected chi connectivity index (χ0v) is 14.9. The molecule has 1 amide bonds. The number of carbonyl (C=O) groups is 3. The van der Waals surface area contributed by atoms with E-state index in [2.05, 4.69) is 19.2 Å². The zero-order valence-electron chi connectivity index (χ0n) is 14.9. The third kappa shape index (κ3) is 14.0. The predicted molar refractivity (Wildman–Crippen MR) is 91.9 cm³/mol. The van der Waals surface area contributed by atoms with Crippen LogP contribution in [0.3, 0.4) is 0 Å². The van der Waals surface area contributed by atoms with Crippen LogP contribution >= 0.6 is 0 Å². The van der Waals surface area contributed by atoms with Crippen molar-refractivity contribution in [2.24, 2.45) is 5.92 Å². The number of nitrogens with one attached hydrogen (secondary N) is 1. The normalized spacial score (nSPS) is 10.8. The minimum absolute atomic E-state index is 0.0267. The molecule has 0 aromatic heterocycles. The smallest absolute Gasteiger partial charge is 0.305 e. The third-order valence-electron chi connectivity index (χ3n) is 3.69. The van der Waals surface area contributed by atoms with E-state index in [1.54, 1.807) is 4.90 Å². The first-order valence-electron chi connectivity index (χ1n) is 8.75. The first-order chi connectivity index (χ1) is 11.3. The summed E-state index contributed by atoms with van der Waals surface area (Å²) in [5.74, 6) is -1.16. The summed E-state index contributed by atoms with van der Waals surface area (Å²) in [7, 11) is 0. The molecule has 0 unspecified atom stereocenters. The van der Waals surface area contributed by atoms with Crippen LogP contribution in [0.1, 0.15) is 58.8 Å². The molecule has 0 atom stereocenters. The van der Waals surface area contributed by atoms with E-state index in [0.717, 1.165) is 25.7 Å². The fourth-order valence-corrected chi connectivity index (χ4v) is 2.29. The number of aliphatic carboxylic acids is 2. The molecule has 0 saturated heterocycles. The van der Waals surface area contributed by atoms with Gasteiger partial charge in [-0.2, -0.15) is 0 Å². The summed E-state index contributed by atoms with van der Waals surface area (Å²) in [6.45, 7) is 5.75. The molecule has 0 aromatic carbocycles. The van der Waals surface area contributed by atoms with Crippen LogP contribution in [-0.2, 0) is 14.4 Å². The molecule has 0 bridgehead atoms. The van der Waals surface area contributed by atoms with Crippen molar-refractivity contribution in [3.05, 3.63) is 0 Å². The van der Waals surface area contributed by atoms with Crippen molar-refractivity contribution < 1.29 is 24.6 Å². The van der Waals surface area contributed by atoms with E-state index in [-0.39, 0.29) is 25.3 Å². The van der Waals surface area contributed by atoms with Crippen LogP contribution in [0.5, 0.6) is 0 Å². The molecule has 0 fully saturated rings. The lowest BCUT2D eigenvalue weighted by Gasteiger charge is -2.22. The number of carboxylic acid groups (broad SMARTS) is 2. The third-order valence-corrected chi connectivity index (χ3v) is 3.69. The van der Waals surface area contributed by atoms with E-state index in [9.17, 15) is 14.4 Å². The maximum absolute atomic E-state index is 12.2. The van der Waals surface area contributed by atoms with Gasteiger partial charge in [0.25, 0.3) is 0 Å². The van der Waals surface area contributed by atoms with E-state index >= 15 is 0 Å². The molecule has 0 aliphatic heterocycles. The van der Waals surface area contributed by atoms with Crippen molar-refractivity contribution >= 4 is 17.8 Å². The Kier molecular flexibility index (Phi) is 12.8. The molecule has 140 valence electrons. The Morgan fingerprint density at radius 2 is 1.54 bits per heavy atom. The second-order valence-corrected chi connectivity index (χ2v) is 6.41. The van der Waals surface area contributed by atoms with Gasteiger partial charge >= 0.3 is 11.9 Å². The van der Waals surface area contributed by atoms with Crippen LogP contribution < -0.4 is 5.32 Å². The Balaban J connectivity index is 4.09. The minimum Gasteiger partial charge on any atom is -0.481 e. The molecule has 7 heteroatoms. The van der Waals surface area contributed by atoms with Crippen molar-refractivity contribution in [1.29, 1.82) is 0 Å². The Hall–Kier alpha value is -1.63. The van der Waals surface area contributed by atoms with Crippen LogP contribution in [-0.4, -0.2) is 59.1 Å². The van der Waals surface area contributed by atoms with E-state index in [1.165, 1.54) is 0 Å². The summed E-state index contributed by atoms with van der Waals surface area (Å²) in [5.41, 5.74) is 0. The molecular weight excluding hydrogens is 312 g/mol. The standard InChI is InChI=1S/C17H32N2O5/c1-14(2)6-4-3-5-7-15(20)19(12-9-17(23)24)13-11-18-10-8-16(21)22/h14,18H,3-13H2,1-2H3,(H,21,22)(H,23,24). The Morgan fingerprint density at radius 3 is 2.12 bits per heavy atom. The van der Waals surface area contributed by atoms with Gasteiger partial charge in [0.2, 0.25) is 5.91 Å². The molecule has 0 aromatic rings. The predicted octanol–water partition coefficient (Wildman–Crippen LogP) is 1.96. The highest BCUT2D eigenvalue weighted by Crippen LogP contribution is 2.10. The summed E-state index contributed by atoms with van der Waals surface area (Å²) < 4.78 is 0. The number of carboxylic acids is 2. The van der Waals surface area contributed by atoms with Gasteiger partial charge in [0, 0.05) is 32.6 Å². The SMILES string of the molecule is CC(C)CCCCCC(=O)N(CCNCCC(=O)O)CCC(=O)O. The summed E-state index contributed by atoms with van der Waals surface area (Å²) >= 11 is 0. The second-order valence-electron chi connectivity index (χ2n) is 6.41. The van der Waals surface area contributed by atoms with Gasteiger partial charge in [0.1, 0.15) is 0 Å². The molecule has 0 heterocycles. The Bertz CT molecular complexity index is 385. The van der Waals surface area contributed by atoms with Gasteiger partial charge in [-0.15, -0.1) is 0 Å². The lowest BCUT2D eigenvalue weighted by Crippen LogP contribution is -2.38. The highest BCUT2D eigenvalue weighted by molar-refractivity contribution is 5.77. The summed E-state index contributed by atoms with van der Waals surface area (Å²) in [6.07, 6.45) is 4.48. The fourth-order valence-electron chi connectivity index (χ4n) is 2.29. The number of carbonyl (C=O) groups excluding carboxylic acids is 1. The Morgan fingerprint density at radius 1 is 0.875 bits per heavy atom. The lowest BCUT2D eigenvalue weighted by atomic mass is 10.0. The molecule has 0 spiro atoms. The van der Waals surface area contributed by atoms with E-state index in [4.69, 9.17) is 10.2 Å². The van der Waals surface area contributed by atoms with Crippen LogP contribution in [0.4, 0.5) is 0 Å². The first-order valence-corrected chi connectivity index (χ1v) is 8.75. The van der Waals surface area contributed by atoms with Gasteiger partial charge in [-0.3, -0.25) is 14.4 Å². The number of hydrogen-bond donors (Lipinski definition) is 3. The van der Waals surface area contributed by atoms with Crippen molar-refractivity contribution in [2.45, 2.75) is 58.8 Å². The summed E-state index contributed by atoms with van der Waals surface area (Å²) in [6, 6.07) is 0. The van der Waals surface area contributed by atoms with Gasteiger partial charge in [0.15, 0.2) is 0 Å².